The van der Waals surface area contributed by atoms with E-state index in [2.05, 4.69) is 85.9 Å². The van der Waals surface area contributed by atoms with E-state index in [0.29, 0.717) is 0 Å². The van der Waals surface area contributed by atoms with Gasteiger partial charge < -0.3 is 0 Å². The molecule has 0 fully saturated rings. The molecule has 0 aliphatic heterocycles. The van der Waals surface area contributed by atoms with Gasteiger partial charge in [0.1, 0.15) is 0 Å². The normalized spacial score (nSPS) is 12.1. The van der Waals surface area contributed by atoms with Crippen LogP contribution < -0.4 is 0 Å². The molecule has 2 aliphatic carbocycles. The fraction of sp³-hybridized carbons (Fsp3) is 0.200. The molecule has 0 saturated carbocycles. The topological polar surface area (TPSA) is 0 Å². The van der Waals surface area contributed by atoms with Gasteiger partial charge in [0, 0.05) is 9.52 Å². The first-order valence-electron chi connectivity index (χ1n) is 7.22. The molecule has 0 atom stereocenters. The van der Waals surface area contributed by atoms with Crippen molar-refractivity contribution in [3.63, 3.8) is 0 Å². The van der Waals surface area contributed by atoms with Crippen molar-refractivity contribution in [2.24, 2.45) is 0 Å². The largest absolute Gasteiger partial charge is 2.00 e. The standard InChI is InChI=1S/2C9H7.C2H6Si.Zr/c2*1-2-5-9-7-3-6-8(9)4-1;1-3-2;/h2*1-2,4-6H,7H2;1-2H3;/q2*-1;;+2. The van der Waals surface area contributed by atoms with Gasteiger partial charge in [-0.3, -0.25) is 12.2 Å². The van der Waals surface area contributed by atoms with E-state index in [4.69, 9.17) is 0 Å². The van der Waals surface area contributed by atoms with Gasteiger partial charge >= 0.3 is 26.2 Å². The molecule has 0 N–H and O–H groups in total. The Morgan fingerprint density at radius 2 is 1.09 bits per heavy atom. The van der Waals surface area contributed by atoms with Crippen LogP contribution in [0, 0.1) is 12.2 Å². The van der Waals surface area contributed by atoms with E-state index in [9.17, 15) is 0 Å². The van der Waals surface area contributed by atoms with Crippen LogP contribution in [0.2, 0.25) is 13.1 Å². The van der Waals surface area contributed by atoms with Gasteiger partial charge in [0.15, 0.2) is 0 Å². The molecular formula is C20H20SiZr. The number of benzene rings is 2. The van der Waals surface area contributed by atoms with Crippen molar-refractivity contribution in [3.8, 4) is 0 Å². The zero-order valence-electron chi connectivity index (χ0n) is 13.2. The summed E-state index contributed by atoms with van der Waals surface area (Å²) < 4.78 is 0. The van der Waals surface area contributed by atoms with E-state index in [1.165, 1.54) is 22.3 Å². The summed E-state index contributed by atoms with van der Waals surface area (Å²) in [6.45, 7) is 4.31. The van der Waals surface area contributed by atoms with Crippen molar-refractivity contribution < 1.29 is 26.2 Å². The number of hydrogen-bond acceptors (Lipinski definition) is 0. The zero-order chi connectivity index (χ0) is 14.9. The molecule has 0 saturated heterocycles. The van der Waals surface area contributed by atoms with Gasteiger partial charge in [-0.1, -0.05) is 49.5 Å². The monoisotopic (exact) mass is 378 g/mol. The number of rotatable bonds is 0. The summed E-state index contributed by atoms with van der Waals surface area (Å²) in [6, 6.07) is 16.8. The average molecular weight is 380 g/mol. The van der Waals surface area contributed by atoms with Crippen LogP contribution in [0.3, 0.4) is 0 Å². The van der Waals surface area contributed by atoms with E-state index in [1.807, 2.05) is 0 Å². The fourth-order valence-corrected chi connectivity index (χ4v) is 2.21. The second kappa shape index (κ2) is 10.7. The van der Waals surface area contributed by atoms with Gasteiger partial charge in [-0.2, -0.15) is 11.1 Å². The van der Waals surface area contributed by atoms with Crippen molar-refractivity contribution >= 4 is 21.7 Å². The van der Waals surface area contributed by atoms with Gasteiger partial charge in [0.2, 0.25) is 0 Å². The molecule has 0 aromatic heterocycles. The van der Waals surface area contributed by atoms with Crippen LogP contribution in [0.4, 0.5) is 0 Å². The summed E-state index contributed by atoms with van der Waals surface area (Å²) in [4.78, 5) is 0. The van der Waals surface area contributed by atoms with E-state index in [1.54, 1.807) is 0 Å². The van der Waals surface area contributed by atoms with Crippen LogP contribution in [0.15, 0.2) is 48.5 Å². The first-order valence-corrected chi connectivity index (χ1v) is 9.22. The molecule has 2 aliphatic rings. The van der Waals surface area contributed by atoms with Crippen LogP contribution in [0.25, 0.3) is 12.2 Å². The Morgan fingerprint density at radius 3 is 1.45 bits per heavy atom. The van der Waals surface area contributed by atoms with Gasteiger partial charge in [-0.15, -0.1) is 36.1 Å². The molecule has 0 amide bonds. The van der Waals surface area contributed by atoms with E-state index >= 15 is 0 Å². The summed E-state index contributed by atoms with van der Waals surface area (Å²) in [5, 5.41) is 0. The molecule has 2 aromatic carbocycles. The molecule has 0 unspecified atom stereocenters. The first-order chi connectivity index (χ1) is 10.3. The Labute approximate surface area is 156 Å². The van der Waals surface area contributed by atoms with Crippen molar-refractivity contribution in [1.82, 2.24) is 0 Å². The third kappa shape index (κ3) is 5.66. The van der Waals surface area contributed by atoms with Crippen LogP contribution in [-0.4, -0.2) is 9.52 Å². The Morgan fingerprint density at radius 1 is 0.727 bits per heavy atom. The average Bonchev–Trinajstić information content (AvgIpc) is 3.17. The molecule has 2 radical (unpaired) electrons. The second-order valence-corrected chi connectivity index (χ2v) is 5.95. The Balaban J connectivity index is 0.000000181. The van der Waals surface area contributed by atoms with Crippen molar-refractivity contribution in [1.29, 1.82) is 0 Å². The molecule has 108 valence electrons. The smallest absolute Gasteiger partial charge is 0.272 e. The maximum Gasteiger partial charge on any atom is 2.00 e. The maximum atomic E-state index is 3.16. The fourth-order valence-electron chi connectivity index (χ4n) is 2.21. The van der Waals surface area contributed by atoms with Crippen LogP contribution in [-0.2, 0) is 39.0 Å². The quantitative estimate of drug-likeness (QED) is 0.451. The summed E-state index contributed by atoms with van der Waals surface area (Å²) in [5.74, 6) is 0. The SMILES string of the molecule is C[Si]C.[C-]1=Cc2ccccc2C1.[C-]1=Cc2ccccc2C1.[Zr+2]. The Kier molecular flexibility index (Phi) is 9.27. The molecule has 0 heterocycles. The number of allylic oxidation sites excluding steroid dienone is 2. The van der Waals surface area contributed by atoms with Crippen LogP contribution in [0.1, 0.15) is 22.3 Å². The third-order valence-electron chi connectivity index (χ3n) is 3.21. The molecule has 22 heavy (non-hydrogen) atoms. The summed E-state index contributed by atoms with van der Waals surface area (Å²) in [5.41, 5.74) is 5.46. The molecular weight excluding hydrogens is 360 g/mol. The maximum absolute atomic E-state index is 3.16. The van der Waals surface area contributed by atoms with Crippen LogP contribution >= 0.6 is 0 Å². The number of fused-ring (bicyclic) bond motifs is 2. The predicted molar refractivity (Wildman–Crippen MR) is 93.2 cm³/mol. The van der Waals surface area contributed by atoms with Crippen molar-refractivity contribution in [2.75, 3.05) is 0 Å². The minimum Gasteiger partial charge on any atom is -0.272 e. The summed E-state index contributed by atoms with van der Waals surface area (Å²) in [7, 11) is 1.08. The molecule has 0 spiro atoms. The third-order valence-corrected chi connectivity index (χ3v) is 3.21. The summed E-state index contributed by atoms with van der Waals surface area (Å²) in [6.07, 6.45) is 12.4. The molecule has 4 rings (SSSR count). The molecule has 0 bridgehead atoms. The van der Waals surface area contributed by atoms with Crippen LogP contribution in [0.5, 0.6) is 0 Å². The summed E-state index contributed by atoms with van der Waals surface area (Å²) >= 11 is 0. The van der Waals surface area contributed by atoms with E-state index < -0.39 is 0 Å². The van der Waals surface area contributed by atoms with Gasteiger partial charge in [-0.25, -0.2) is 12.2 Å². The van der Waals surface area contributed by atoms with Gasteiger partial charge in [0.05, 0.1) is 0 Å². The van der Waals surface area contributed by atoms with Gasteiger partial charge in [-0.05, 0) is 0 Å². The number of hydrogen-bond donors (Lipinski definition) is 0. The minimum atomic E-state index is 0. The molecule has 2 heteroatoms. The van der Waals surface area contributed by atoms with E-state index in [0.717, 1.165) is 22.4 Å². The Hall–Kier alpha value is -0.980. The predicted octanol–water partition coefficient (Wildman–Crippen LogP) is 4.90. The Bertz CT molecular complexity index is 574. The minimum absolute atomic E-state index is 0. The van der Waals surface area contributed by atoms with Crippen molar-refractivity contribution in [2.45, 2.75) is 25.9 Å². The van der Waals surface area contributed by atoms with Gasteiger partial charge in [0.25, 0.3) is 0 Å². The zero-order valence-corrected chi connectivity index (χ0v) is 16.6. The second-order valence-electron chi connectivity index (χ2n) is 4.95. The molecule has 2 aromatic rings. The molecule has 0 nitrogen and oxygen atoms in total. The first kappa shape index (κ1) is 19.1. The van der Waals surface area contributed by atoms with Crippen molar-refractivity contribution in [3.05, 3.63) is 82.9 Å². The van der Waals surface area contributed by atoms with E-state index in [-0.39, 0.29) is 26.2 Å².